The topological polar surface area (TPSA) is 77.2 Å². The number of methoxy groups -OCH3 is 1. The Morgan fingerprint density at radius 2 is 1.89 bits per heavy atom. The molecule has 1 heterocycles. The lowest BCUT2D eigenvalue weighted by atomic mass is 10.1. The van der Waals surface area contributed by atoms with Crippen molar-refractivity contribution in [2.75, 3.05) is 7.11 Å². The van der Waals surface area contributed by atoms with Gasteiger partial charge in [0.15, 0.2) is 0 Å². The van der Waals surface area contributed by atoms with Gasteiger partial charge in [-0.15, -0.1) is 0 Å². The highest BCUT2D eigenvalue weighted by molar-refractivity contribution is 5.76. The number of rotatable bonds is 7. The lowest BCUT2D eigenvalue weighted by Gasteiger charge is -2.13. The minimum absolute atomic E-state index is 0.143. The predicted octanol–water partition coefficient (Wildman–Crippen LogP) is 3.69. The average Bonchev–Trinajstić information content (AvgIpc) is 3.16. The molecule has 0 aliphatic carbocycles. The summed E-state index contributed by atoms with van der Waals surface area (Å²) in [5, 5.41) is 6.81. The molecule has 0 saturated carbocycles. The molecule has 7 heteroatoms. The number of aryl methyl sites for hydroxylation is 1. The fourth-order valence-electron chi connectivity index (χ4n) is 2.58. The van der Waals surface area contributed by atoms with Crippen LogP contribution in [0.3, 0.4) is 0 Å². The van der Waals surface area contributed by atoms with E-state index in [1.54, 1.807) is 19.2 Å². The van der Waals surface area contributed by atoms with Crippen molar-refractivity contribution in [3.8, 4) is 17.1 Å². The molecule has 0 bridgehead atoms. The highest BCUT2D eigenvalue weighted by Crippen LogP contribution is 2.20. The first kappa shape index (κ1) is 18.6. The first-order chi connectivity index (χ1) is 13.0. The Kier molecular flexibility index (Phi) is 5.80. The van der Waals surface area contributed by atoms with Gasteiger partial charge in [0.05, 0.1) is 13.2 Å². The first-order valence-electron chi connectivity index (χ1n) is 8.57. The van der Waals surface area contributed by atoms with Gasteiger partial charge in [-0.1, -0.05) is 17.3 Å². The number of nitrogens with one attached hydrogen (secondary N) is 1. The van der Waals surface area contributed by atoms with Crippen LogP contribution in [0.15, 0.2) is 53.1 Å². The van der Waals surface area contributed by atoms with Gasteiger partial charge in [0, 0.05) is 18.4 Å². The zero-order valence-electron chi connectivity index (χ0n) is 15.1. The fourth-order valence-corrected chi connectivity index (χ4v) is 2.58. The second kappa shape index (κ2) is 8.44. The number of amides is 1. The van der Waals surface area contributed by atoms with Crippen LogP contribution in [0, 0.1) is 5.82 Å². The van der Waals surface area contributed by atoms with Crippen LogP contribution >= 0.6 is 0 Å². The molecule has 0 spiro atoms. The van der Waals surface area contributed by atoms with E-state index in [2.05, 4.69) is 15.5 Å². The zero-order chi connectivity index (χ0) is 19.2. The molecule has 1 N–H and O–H groups in total. The molecule has 6 nitrogen and oxygen atoms in total. The average molecular weight is 369 g/mol. The first-order valence-corrected chi connectivity index (χ1v) is 8.57. The number of aromatic nitrogens is 2. The number of halogens is 1. The van der Waals surface area contributed by atoms with Crippen molar-refractivity contribution in [3.05, 3.63) is 65.8 Å². The summed E-state index contributed by atoms with van der Waals surface area (Å²) in [5.41, 5.74) is 1.64. The molecule has 1 atom stereocenters. The van der Waals surface area contributed by atoms with E-state index in [1.165, 1.54) is 12.1 Å². The van der Waals surface area contributed by atoms with Crippen LogP contribution in [0.5, 0.6) is 5.75 Å². The standard InChI is InChI=1S/C20H20FN3O3/c1-13(14-3-7-16(21)8-4-14)22-18(25)11-12-19-23-20(24-27-19)15-5-9-17(26-2)10-6-15/h3-10,13H,11-12H2,1-2H3,(H,22,25)/t13-/m1/s1. The Morgan fingerprint density at radius 3 is 2.56 bits per heavy atom. The number of hydrogen-bond donors (Lipinski definition) is 1. The maximum Gasteiger partial charge on any atom is 0.227 e. The second-order valence-corrected chi connectivity index (χ2v) is 6.08. The van der Waals surface area contributed by atoms with Gasteiger partial charge in [0.2, 0.25) is 17.6 Å². The molecule has 0 fully saturated rings. The maximum atomic E-state index is 13.0. The Bertz CT molecular complexity index is 892. The molecule has 3 aromatic rings. The maximum absolute atomic E-state index is 13.0. The molecule has 0 aliphatic rings. The van der Waals surface area contributed by atoms with Crippen LogP contribution in [0.2, 0.25) is 0 Å². The summed E-state index contributed by atoms with van der Waals surface area (Å²) >= 11 is 0. The minimum Gasteiger partial charge on any atom is -0.497 e. The molecule has 0 unspecified atom stereocenters. The smallest absolute Gasteiger partial charge is 0.227 e. The molecule has 1 aromatic heterocycles. The van der Waals surface area contributed by atoms with Crippen LogP contribution in [0.4, 0.5) is 4.39 Å². The van der Waals surface area contributed by atoms with Crippen molar-refractivity contribution in [1.82, 2.24) is 15.5 Å². The van der Waals surface area contributed by atoms with Crippen LogP contribution in [-0.2, 0) is 11.2 Å². The SMILES string of the molecule is COc1ccc(-c2noc(CCC(=O)N[C@H](C)c3ccc(F)cc3)n2)cc1. The number of nitrogens with zero attached hydrogens (tertiary/aromatic N) is 2. The second-order valence-electron chi connectivity index (χ2n) is 6.08. The van der Waals surface area contributed by atoms with Gasteiger partial charge in [0.1, 0.15) is 11.6 Å². The van der Waals surface area contributed by atoms with E-state index in [4.69, 9.17) is 9.26 Å². The quantitative estimate of drug-likeness (QED) is 0.687. The van der Waals surface area contributed by atoms with Crippen molar-refractivity contribution < 1.29 is 18.4 Å². The van der Waals surface area contributed by atoms with E-state index < -0.39 is 0 Å². The van der Waals surface area contributed by atoms with Gasteiger partial charge < -0.3 is 14.6 Å². The lowest BCUT2D eigenvalue weighted by Crippen LogP contribution is -2.26. The highest BCUT2D eigenvalue weighted by atomic mass is 19.1. The van der Waals surface area contributed by atoms with Crippen LogP contribution < -0.4 is 10.1 Å². The van der Waals surface area contributed by atoms with Crippen LogP contribution in [0.25, 0.3) is 11.4 Å². The largest absolute Gasteiger partial charge is 0.497 e. The zero-order valence-corrected chi connectivity index (χ0v) is 15.1. The third-order valence-electron chi connectivity index (χ3n) is 4.13. The summed E-state index contributed by atoms with van der Waals surface area (Å²) in [7, 11) is 1.60. The van der Waals surface area contributed by atoms with Gasteiger partial charge in [-0.3, -0.25) is 4.79 Å². The van der Waals surface area contributed by atoms with Crippen molar-refractivity contribution >= 4 is 5.91 Å². The molecule has 3 rings (SSSR count). The van der Waals surface area contributed by atoms with Gasteiger partial charge >= 0.3 is 0 Å². The number of carbonyl (C=O) groups is 1. The number of benzene rings is 2. The third-order valence-corrected chi connectivity index (χ3v) is 4.13. The fraction of sp³-hybridized carbons (Fsp3) is 0.250. The molecule has 140 valence electrons. The summed E-state index contributed by atoms with van der Waals surface area (Å²) in [5.74, 6) is 1.16. The summed E-state index contributed by atoms with van der Waals surface area (Å²) in [6.07, 6.45) is 0.556. The Morgan fingerprint density at radius 1 is 1.19 bits per heavy atom. The minimum atomic E-state index is -0.304. The van der Waals surface area contributed by atoms with E-state index in [-0.39, 0.29) is 24.2 Å². The van der Waals surface area contributed by atoms with Gasteiger partial charge in [-0.25, -0.2) is 4.39 Å². The molecule has 2 aromatic carbocycles. The van der Waals surface area contributed by atoms with Crippen molar-refractivity contribution in [2.24, 2.45) is 0 Å². The van der Waals surface area contributed by atoms with Gasteiger partial charge in [-0.2, -0.15) is 4.98 Å². The molecule has 0 saturated heterocycles. The molecular weight excluding hydrogens is 349 g/mol. The summed E-state index contributed by atoms with van der Waals surface area (Å²) in [6, 6.07) is 13.1. The van der Waals surface area contributed by atoms with E-state index in [0.29, 0.717) is 18.1 Å². The third kappa shape index (κ3) is 4.91. The molecule has 27 heavy (non-hydrogen) atoms. The number of ether oxygens (including phenoxy) is 1. The molecular formula is C20H20FN3O3. The Labute approximate surface area is 156 Å². The van der Waals surface area contributed by atoms with Crippen molar-refractivity contribution in [2.45, 2.75) is 25.8 Å². The summed E-state index contributed by atoms with van der Waals surface area (Å²) in [6.45, 7) is 1.85. The highest BCUT2D eigenvalue weighted by Gasteiger charge is 2.13. The van der Waals surface area contributed by atoms with Crippen molar-refractivity contribution in [1.29, 1.82) is 0 Å². The van der Waals surface area contributed by atoms with E-state index in [9.17, 15) is 9.18 Å². The van der Waals surface area contributed by atoms with Gasteiger partial charge in [0.25, 0.3) is 0 Å². The van der Waals surface area contributed by atoms with E-state index >= 15 is 0 Å². The summed E-state index contributed by atoms with van der Waals surface area (Å²) < 4.78 is 23.3. The summed E-state index contributed by atoms with van der Waals surface area (Å²) in [4.78, 5) is 16.4. The lowest BCUT2D eigenvalue weighted by molar-refractivity contribution is -0.121. The van der Waals surface area contributed by atoms with Crippen LogP contribution in [0.1, 0.15) is 30.8 Å². The number of hydrogen-bond acceptors (Lipinski definition) is 5. The molecule has 0 radical (unpaired) electrons. The monoisotopic (exact) mass is 369 g/mol. The number of carbonyl (C=O) groups excluding carboxylic acids is 1. The Hall–Kier alpha value is -3.22. The van der Waals surface area contributed by atoms with Gasteiger partial charge in [-0.05, 0) is 48.9 Å². The van der Waals surface area contributed by atoms with E-state index in [1.807, 2.05) is 31.2 Å². The molecule has 0 aliphatic heterocycles. The predicted molar refractivity (Wildman–Crippen MR) is 97.6 cm³/mol. The van der Waals surface area contributed by atoms with E-state index in [0.717, 1.165) is 16.9 Å². The Balaban J connectivity index is 1.53. The van der Waals surface area contributed by atoms with Crippen molar-refractivity contribution in [3.63, 3.8) is 0 Å². The van der Waals surface area contributed by atoms with Crippen LogP contribution in [-0.4, -0.2) is 23.2 Å². The normalized spacial score (nSPS) is 11.8. The molecule has 1 amide bonds.